The summed E-state index contributed by atoms with van der Waals surface area (Å²) in [6, 6.07) is 7.01. The molecule has 0 atom stereocenters. The van der Waals surface area contributed by atoms with E-state index in [1.54, 1.807) is 36.4 Å². The van der Waals surface area contributed by atoms with Crippen molar-refractivity contribution in [3.63, 3.8) is 0 Å². The minimum atomic E-state index is -0.213. The fourth-order valence-corrected chi connectivity index (χ4v) is 2.89. The van der Waals surface area contributed by atoms with E-state index in [2.05, 4.69) is 15.9 Å². The van der Waals surface area contributed by atoms with Gasteiger partial charge in [-0.25, -0.2) is 0 Å². The van der Waals surface area contributed by atoms with Crippen LogP contribution in [0.1, 0.15) is 22.3 Å². The number of hydrogen-bond donors (Lipinski definition) is 3. The van der Waals surface area contributed by atoms with Crippen LogP contribution in [0.15, 0.2) is 28.7 Å². The first kappa shape index (κ1) is 18.3. The summed E-state index contributed by atoms with van der Waals surface area (Å²) in [7, 11) is 3.04. The van der Waals surface area contributed by atoms with Gasteiger partial charge in [0.1, 0.15) is 21.7 Å². The van der Waals surface area contributed by atoms with Crippen LogP contribution in [0.3, 0.4) is 0 Å². The van der Waals surface area contributed by atoms with Gasteiger partial charge in [0.25, 0.3) is 0 Å². The molecule has 0 bridgehead atoms. The second kappa shape index (κ2) is 8.19. The number of phenols is 1. The molecular formula is C18H19BrO5. The molecule has 2 rings (SSSR count). The molecule has 0 unspecified atom stereocenters. The quantitative estimate of drug-likeness (QED) is 0.654. The van der Waals surface area contributed by atoms with E-state index in [4.69, 9.17) is 9.47 Å². The molecule has 5 nitrogen and oxygen atoms in total. The van der Waals surface area contributed by atoms with Gasteiger partial charge in [0.05, 0.1) is 27.4 Å². The molecule has 0 fully saturated rings. The maximum atomic E-state index is 10.2. The van der Waals surface area contributed by atoms with Crippen molar-refractivity contribution in [2.24, 2.45) is 0 Å². The van der Waals surface area contributed by atoms with Crippen LogP contribution in [0.25, 0.3) is 12.2 Å². The third-order valence-corrected chi connectivity index (χ3v) is 4.43. The number of aliphatic hydroxyl groups is 2. The van der Waals surface area contributed by atoms with Crippen molar-refractivity contribution in [1.29, 1.82) is 0 Å². The molecule has 0 aliphatic rings. The van der Waals surface area contributed by atoms with Crippen LogP contribution in [-0.2, 0) is 13.2 Å². The Morgan fingerprint density at radius 2 is 1.71 bits per heavy atom. The zero-order valence-electron chi connectivity index (χ0n) is 13.4. The van der Waals surface area contributed by atoms with Crippen LogP contribution in [0.4, 0.5) is 0 Å². The van der Waals surface area contributed by atoms with Crippen LogP contribution >= 0.6 is 15.9 Å². The lowest BCUT2D eigenvalue weighted by molar-refractivity contribution is 0.254. The van der Waals surface area contributed by atoms with Gasteiger partial charge in [0, 0.05) is 11.1 Å². The highest BCUT2D eigenvalue weighted by Gasteiger charge is 2.11. The molecule has 0 aromatic heterocycles. The summed E-state index contributed by atoms with van der Waals surface area (Å²) < 4.78 is 10.9. The number of aromatic hydroxyl groups is 1. The summed E-state index contributed by atoms with van der Waals surface area (Å²) in [4.78, 5) is 0. The zero-order chi connectivity index (χ0) is 17.7. The molecule has 128 valence electrons. The molecule has 2 aromatic rings. The van der Waals surface area contributed by atoms with Crippen LogP contribution < -0.4 is 9.47 Å². The van der Waals surface area contributed by atoms with Gasteiger partial charge in [0.2, 0.25) is 0 Å². The van der Waals surface area contributed by atoms with Gasteiger partial charge < -0.3 is 24.8 Å². The molecule has 0 aliphatic heterocycles. The fourth-order valence-electron chi connectivity index (χ4n) is 2.36. The Labute approximate surface area is 148 Å². The van der Waals surface area contributed by atoms with Crippen molar-refractivity contribution in [2.75, 3.05) is 14.2 Å². The first-order valence-corrected chi connectivity index (χ1v) is 8.00. The normalized spacial score (nSPS) is 11.0. The number of rotatable bonds is 6. The molecule has 2 aromatic carbocycles. The maximum Gasteiger partial charge on any atom is 0.140 e. The van der Waals surface area contributed by atoms with Gasteiger partial charge in [-0.05, 0) is 51.3 Å². The highest BCUT2D eigenvalue weighted by molar-refractivity contribution is 9.10. The standard InChI is InChI=1S/C18H19BrO5/c1-23-15-6-5-12(18(22)17(15)19)4-3-11-7-13(9-20)14(10-21)16(8-11)24-2/h3-8,20-22H,9-10H2,1-2H3/b4-3-. The number of ether oxygens (including phenoxy) is 2. The summed E-state index contributed by atoms with van der Waals surface area (Å²) in [5, 5.41) is 29.1. The number of phenolic OH excluding ortho intramolecular Hbond substituents is 1. The van der Waals surface area contributed by atoms with Gasteiger partial charge >= 0.3 is 0 Å². The average Bonchev–Trinajstić information content (AvgIpc) is 2.61. The SMILES string of the molecule is COc1ccc(/C=C\c2cc(CO)c(CO)c(OC)c2)c(O)c1Br. The van der Waals surface area contributed by atoms with E-state index in [-0.39, 0.29) is 19.0 Å². The minimum absolute atomic E-state index is 0.0759. The summed E-state index contributed by atoms with van der Waals surface area (Å²) in [5.41, 5.74) is 2.54. The summed E-state index contributed by atoms with van der Waals surface area (Å²) in [6.07, 6.45) is 3.53. The molecule has 0 saturated heterocycles. The lowest BCUT2D eigenvalue weighted by Gasteiger charge is -2.12. The molecular weight excluding hydrogens is 376 g/mol. The first-order chi connectivity index (χ1) is 11.5. The molecule has 0 aliphatic carbocycles. The van der Waals surface area contributed by atoms with Gasteiger partial charge in [0.15, 0.2) is 0 Å². The predicted molar refractivity (Wildman–Crippen MR) is 96.1 cm³/mol. The molecule has 0 heterocycles. The minimum Gasteiger partial charge on any atom is -0.506 e. The number of methoxy groups -OCH3 is 2. The molecule has 24 heavy (non-hydrogen) atoms. The van der Waals surface area contributed by atoms with Crippen LogP contribution in [0, 0.1) is 0 Å². The second-order valence-corrected chi connectivity index (χ2v) is 5.82. The van der Waals surface area contributed by atoms with E-state index in [1.165, 1.54) is 14.2 Å². The van der Waals surface area contributed by atoms with Crippen LogP contribution in [0.2, 0.25) is 0 Å². The first-order valence-electron chi connectivity index (χ1n) is 7.20. The van der Waals surface area contributed by atoms with Crippen molar-refractivity contribution in [1.82, 2.24) is 0 Å². The third-order valence-electron chi connectivity index (χ3n) is 3.66. The zero-order valence-corrected chi connectivity index (χ0v) is 15.0. The summed E-state index contributed by atoms with van der Waals surface area (Å²) in [6.45, 7) is -0.414. The highest BCUT2D eigenvalue weighted by Crippen LogP contribution is 2.37. The Kier molecular flexibility index (Phi) is 6.25. The molecule has 0 amide bonds. The molecule has 6 heteroatoms. The predicted octanol–water partition coefficient (Wildman–Crippen LogP) is 3.33. The van der Waals surface area contributed by atoms with Gasteiger partial charge in [-0.2, -0.15) is 0 Å². The number of aliphatic hydroxyl groups excluding tert-OH is 2. The average molecular weight is 395 g/mol. The Morgan fingerprint density at radius 1 is 1.00 bits per heavy atom. The van der Waals surface area contributed by atoms with Gasteiger partial charge in [-0.3, -0.25) is 0 Å². The van der Waals surface area contributed by atoms with Gasteiger partial charge in [-0.1, -0.05) is 12.2 Å². The Bertz CT molecular complexity index is 730. The van der Waals surface area contributed by atoms with Crippen molar-refractivity contribution in [2.45, 2.75) is 13.2 Å². The fraction of sp³-hybridized carbons (Fsp3) is 0.222. The number of halogens is 1. The van der Waals surface area contributed by atoms with Crippen molar-refractivity contribution < 1.29 is 24.8 Å². The summed E-state index contributed by atoms with van der Waals surface area (Å²) in [5.74, 6) is 1.12. The van der Waals surface area contributed by atoms with Crippen molar-refractivity contribution in [3.05, 3.63) is 51.0 Å². The lowest BCUT2D eigenvalue weighted by atomic mass is 10.0. The second-order valence-electron chi connectivity index (χ2n) is 5.03. The van der Waals surface area contributed by atoms with E-state index < -0.39 is 0 Å². The van der Waals surface area contributed by atoms with Crippen LogP contribution in [-0.4, -0.2) is 29.5 Å². The molecule has 0 saturated carbocycles. The molecule has 3 N–H and O–H groups in total. The lowest BCUT2D eigenvalue weighted by Crippen LogP contribution is -1.99. The Balaban J connectivity index is 2.41. The van der Waals surface area contributed by atoms with Gasteiger partial charge in [-0.15, -0.1) is 0 Å². The third kappa shape index (κ3) is 3.72. The monoisotopic (exact) mass is 394 g/mol. The van der Waals surface area contributed by atoms with Crippen molar-refractivity contribution in [3.8, 4) is 17.2 Å². The van der Waals surface area contributed by atoms with Crippen molar-refractivity contribution >= 4 is 28.1 Å². The Morgan fingerprint density at radius 3 is 2.29 bits per heavy atom. The topological polar surface area (TPSA) is 79.2 Å². The van der Waals surface area contributed by atoms with E-state index in [0.717, 1.165) is 5.56 Å². The maximum absolute atomic E-state index is 10.2. The molecule has 0 spiro atoms. The largest absolute Gasteiger partial charge is 0.506 e. The highest BCUT2D eigenvalue weighted by atomic mass is 79.9. The number of hydrogen-bond acceptors (Lipinski definition) is 5. The number of benzene rings is 2. The van der Waals surface area contributed by atoms with E-state index in [0.29, 0.717) is 32.7 Å². The van der Waals surface area contributed by atoms with E-state index in [1.807, 2.05) is 0 Å². The smallest absolute Gasteiger partial charge is 0.140 e. The van der Waals surface area contributed by atoms with E-state index >= 15 is 0 Å². The van der Waals surface area contributed by atoms with Crippen LogP contribution in [0.5, 0.6) is 17.2 Å². The molecule has 0 radical (unpaired) electrons. The summed E-state index contributed by atoms with van der Waals surface area (Å²) >= 11 is 3.29. The van der Waals surface area contributed by atoms with E-state index in [9.17, 15) is 15.3 Å². The Hall–Kier alpha value is -2.02.